The van der Waals surface area contributed by atoms with Crippen LogP contribution in [0, 0.1) is 11.6 Å². The van der Waals surface area contributed by atoms with Gasteiger partial charge in [0.2, 0.25) is 5.76 Å². The van der Waals surface area contributed by atoms with E-state index < -0.39 is 35.3 Å². The van der Waals surface area contributed by atoms with Crippen LogP contribution < -0.4 is 10.1 Å². The van der Waals surface area contributed by atoms with Gasteiger partial charge < -0.3 is 19.2 Å². The third-order valence-electron chi connectivity index (χ3n) is 4.87. The number of benzene rings is 3. The van der Waals surface area contributed by atoms with E-state index in [1.807, 2.05) is 18.2 Å². The molecule has 1 aromatic heterocycles. The Morgan fingerprint density at radius 2 is 1.61 bits per heavy atom. The molecule has 3 aromatic carbocycles. The molecule has 0 saturated heterocycles. The lowest BCUT2D eigenvalue weighted by molar-refractivity contribution is -0.123. The number of halogens is 2. The summed E-state index contributed by atoms with van der Waals surface area (Å²) in [5.41, 5.74) is 0.278. The number of hydrogen-bond donors (Lipinski definition) is 1. The van der Waals surface area contributed by atoms with E-state index in [2.05, 4.69) is 5.32 Å². The molecule has 1 heterocycles. The van der Waals surface area contributed by atoms with E-state index in [1.54, 1.807) is 36.4 Å². The summed E-state index contributed by atoms with van der Waals surface area (Å²) in [5, 5.41) is 2.76. The van der Waals surface area contributed by atoms with Crippen molar-refractivity contribution in [2.24, 2.45) is 0 Å². The number of ether oxygens (including phenoxy) is 2. The third kappa shape index (κ3) is 4.85. The molecule has 4 aromatic rings. The number of para-hydroxylation sites is 3. The van der Waals surface area contributed by atoms with Crippen molar-refractivity contribution in [2.75, 3.05) is 5.32 Å². The first-order valence-corrected chi connectivity index (χ1v) is 10.1. The summed E-state index contributed by atoms with van der Waals surface area (Å²) in [6.45, 7) is 1.31. The quantitative estimate of drug-likeness (QED) is 0.377. The zero-order valence-corrected chi connectivity index (χ0v) is 17.5. The van der Waals surface area contributed by atoms with Crippen molar-refractivity contribution in [1.82, 2.24) is 0 Å². The highest BCUT2D eigenvalue weighted by Crippen LogP contribution is 2.28. The minimum absolute atomic E-state index is 0.0203. The van der Waals surface area contributed by atoms with Gasteiger partial charge in [-0.05, 0) is 37.3 Å². The number of furan rings is 1. The highest BCUT2D eigenvalue weighted by atomic mass is 19.1. The summed E-state index contributed by atoms with van der Waals surface area (Å²) in [4.78, 5) is 25.2. The molecule has 0 radical (unpaired) electrons. The van der Waals surface area contributed by atoms with Crippen molar-refractivity contribution in [3.05, 3.63) is 95.8 Å². The van der Waals surface area contributed by atoms with Crippen LogP contribution in [0.1, 0.15) is 23.0 Å². The van der Waals surface area contributed by atoms with Crippen LogP contribution in [-0.4, -0.2) is 18.0 Å². The molecule has 1 atom stereocenters. The number of rotatable bonds is 7. The fourth-order valence-corrected chi connectivity index (χ4v) is 3.19. The fraction of sp³-hybridized carbons (Fsp3) is 0.120. The maximum absolute atomic E-state index is 13.8. The van der Waals surface area contributed by atoms with Crippen LogP contribution in [0.5, 0.6) is 5.75 Å². The minimum atomic E-state index is -1.35. The molecule has 0 bridgehead atoms. The molecule has 8 heteroatoms. The van der Waals surface area contributed by atoms with Gasteiger partial charge in [-0.3, -0.25) is 4.79 Å². The van der Waals surface area contributed by atoms with Crippen LogP contribution in [0.25, 0.3) is 11.0 Å². The van der Waals surface area contributed by atoms with Crippen molar-refractivity contribution in [3.63, 3.8) is 0 Å². The molecule has 0 saturated carbocycles. The van der Waals surface area contributed by atoms with Crippen molar-refractivity contribution in [1.29, 1.82) is 0 Å². The number of esters is 1. The molecule has 0 aliphatic rings. The van der Waals surface area contributed by atoms with Crippen molar-refractivity contribution in [3.8, 4) is 5.75 Å². The molecule has 0 spiro atoms. The Kier molecular flexibility index (Phi) is 6.35. The number of carbonyl (C=O) groups excluding carboxylic acids is 2. The SMILES string of the molecule is CC(OC(=O)c1oc2ccccc2c1COc1ccccc1)C(=O)Nc1c(F)cccc1F. The van der Waals surface area contributed by atoms with Gasteiger partial charge in [0.25, 0.3) is 5.91 Å². The van der Waals surface area contributed by atoms with Crippen LogP contribution >= 0.6 is 0 Å². The second kappa shape index (κ2) is 9.52. The molecular formula is C25H19F2NO5. The highest BCUT2D eigenvalue weighted by Gasteiger charge is 2.27. The van der Waals surface area contributed by atoms with Gasteiger partial charge in [0.05, 0.1) is 5.56 Å². The van der Waals surface area contributed by atoms with E-state index in [4.69, 9.17) is 13.9 Å². The largest absolute Gasteiger partial charge is 0.489 e. The summed E-state index contributed by atoms with van der Waals surface area (Å²) in [5.74, 6) is -3.22. The summed E-state index contributed by atoms with van der Waals surface area (Å²) < 4.78 is 44.3. The lowest BCUT2D eigenvalue weighted by Gasteiger charge is -2.14. The molecule has 4 rings (SSSR count). The normalized spacial score (nSPS) is 11.7. The van der Waals surface area contributed by atoms with Gasteiger partial charge in [0.15, 0.2) is 6.10 Å². The van der Waals surface area contributed by atoms with Crippen LogP contribution in [0.2, 0.25) is 0 Å². The Morgan fingerprint density at radius 1 is 0.939 bits per heavy atom. The van der Waals surface area contributed by atoms with Crippen LogP contribution in [0.15, 0.2) is 77.2 Å². The van der Waals surface area contributed by atoms with Crippen molar-refractivity contribution >= 4 is 28.5 Å². The smallest absolute Gasteiger partial charge is 0.375 e. The second-order valence-corrected chi connectivity index (χ2v) is 7.14. The molecule has 1 unspecified atom stereocenters. The lowest BCUT2D eigenvalue weighted by atomic mass is 10.1. The van der Waals surface area contributed by atoms with Gasteiger partial charge in [-0.1, -0.05) is 42.5 Å². The molecule has 1 amide bonds. The maximum Gasteiger partial charge on any atom is 0.375 e. The first kappa shape index (κ1) is 22.0. The highest BCUT2D eigenvalue weighted by molar-refractivity contribution is 5.99. The number of hydrogen-bond acceptors (Lipinski definition) is 5. The summed E-state index contributed by atoms with van der Waals surface area (Å²) in [7, 11) is 0. The summed E-state index contributed by atoms with van der Waals surface area (Å²) >= 11 is 0. The average Bonchev–Trinajstić information content (AvgIpc) is 3.19. The van der Waals surface area contributed by atoms with Gasteiger partial charge in [0.1, 0.15) is 35.3 Å². The number of anilines is 1. The van der Waals surface area contributed by atoms with E-state index in [0.717, 1.165) is 12.1 Å². The lowest BCUT2D eigenvalue weighted by Crippen LogP contribution is -2.30. The zero-order valence-electron chi connectivity index (χ0n) is 17.5. The summed E-state index contributed by atoms with van der Waals surface area (Å²) in [6, 6.07) is 19.2. The molecule has 33 heavy (non-hydrogen) atoms. The van der Waals surface area contributed by atoms with E-state index >= 15 is 0 Å². The number of amides is 1. The predicted molar refractivity (Wildman–Crippen MR) is 117 cm³/mol. The number of fused-ring (bicyclic) bond motifs is 1. The Morgan fingerprint density at radius 3 is 2.33 bits per heavy atom. The Bertz CT molecular complexity index is 1280. The molecule has 1 N–H and O–H groups in total. The molecule has 168 valence electrons. The zero-order chi connectivity index (χ0) is 23.4. The number of carbonyl (C=O) groups is 2. The molecular weight excluding hydrogens is 432 g/mol. The predicted octanol–water partition coefficient (Wildman–Crippen LogP) is 5.47. The Hall–Kier alpha value is -4.20. The standard InChI is InChI=1S/C25H19F2NO5/c1-15(24(29)28-22-19(26)11-7-12-20(22)27)32-25(30)23-18(14-31-16-8-3-2-4-9-16)17-10-5-6-13-21(17)33-23/h2-13,15H,14H2,1H3,(H,28,29). The van der Waals surface area contributed by atoms with E-state index in [-0.39, 0.29) is 12.4 Å². The molecule has 0 fully saturated rings. The average molecular weight is 451 g/mol. The maximum atomic E-state index is 13.8. The third-order valence-corrected chi connectivity index (χ3v) is 4.87. The van der Waals surface area contributed by atoms with Crippen LogP contribution in [-0.2, 0) is 16.1 Å². The number of nitrogens with one attached hydrogen (secondary N) is 1. The van der Waals surface area contributed by atoms with Gasteiger partial charge >= 0.3 is 5.97 Å². The van der Waals surface area contributed by atoms with E-state index in [9.17, 15) is 18.4 Å². The van der Waals surface area contributed by atoms with Crippen LogP contribution in [0.3, 0.4) is 0 Å². The van der Waals surface area contributed by atoms with Gasteiger partial charge in [-0.15, -0.1) is 0 Å². The van der Waals surface area contributed by atoms with E-state index in [1.165, 1.54) is 13.0 Å². The van der Waals surface area contributed by atoms with Gasteiger partial charge in [-0.2, -0.15) is 0 Å². The first-order valence-electron chi connectivity index (χ1n) is 10.1. The Balaban J connectivity index is 1.53. The van der Waals surface area contributed by atoms with Crippen molar-refractivity contribution in [2.45, 2.75) is 19.6 Å². The van der Waals surface area contributed by atoms with Crippen molar-refractivity contribution < 1.29 is 32.3 Å². The topological polar surface area (TPSA) is 77.8 Å². The van der Waals surface area contributed by atoms with Gasteiger partial charge in [0, 0.05) is 5.39 Å². The monoisotopic (exact) mass is 451 g/mol. The van der Waals surface area contributed by atoms with Crippen LogP contribution in [0.4, 0.5) is 14.5 Å². The molecule has 0 aliphatic carbocycles. The fourth-order valence-electron chi connectivity index (χ4n) is 3.19. The molecule has 6 nitrogen and oxygen atoms in total. The minimum Gasteiger partial charge on any atom is -0.489 e. The Labute approximate surface area is 187 Å². The van der Waals surface area contributed by atoms with Gasteiger partial charge in [-0.25, -0.2) is 13.6 Å². The summed E-state index contributed by atoms with van der Waals surface area (Å²) in [6.07, 6.45) is -1.35. The molecule has 0 aliphatic heterocycles. The first-order chi connectivity index (χ1) is 15.9. The second-order valence-electron chi connectivity index (χ2n) is 7.14. The van der Waals surface area contributed by atoms with E-state index in [0.29, 0.717) is 22.3 Å².